The summed E-state index contributed by atoms with van der Waals surface area (Å²) >= 11 is 6.07. The Morgan fingerprint density at radius 3 is 1.94 bits per heavy atom. The quantitative estimate of drug-likeness (QED) is 0.0865. The molecule has 14 heteroatoms. The number of halogens is 1. The van der Waals surface area contributed by atoms with E-state index in [-0.39, 0.29) is 17.2 Å². The zero-order chi connectivity index (χ0) is 33.2. The number of aliphatic imine (C=N–C) groups is 1. The molecule has 0 bridgehead atoms. The highest BCUT2D eigenvalue weighted by Crippen LogP contribution is 2.39. The fraction of sp³-hybridized carbons (Fsp3) is 0.0882. The number of anilines is 4. The molecule has 0 spiro atoms. The lowest BCUT2D eigenvalue weighted by atomic mass is 9.86. The standard InChI is InChI=1S/C34H22ClN9O4/c35-30-40-31(43-33(46)38-25-3-1-18-9-19-2-6-27(48-16-36)15-21(19)10-20(18)12-25)42-32(41-30)44-34(47)39-26-5-8-29-23(14-26)11-22-13-24(37-17-45)4-7-28(22)29/h1-8,12-15H,9-11H2,(H4,38,39,40,41,42,43,44,46,47). The molecule has 13 nitrogen and oxygen atoms in total. The second-order valence-electron chi connectivity index (χ2n) is 11.0. The highest BCUT2D eigenvalue weighted by molar-refractivity contribution is 6.28. The van der Waals surface area contributed by atoms with Gasteiger partial charge in [0, 0.05) is 11.4 Å². The molecule has 0 saturated heterocycles. The Balaban J connectivity index is 0.974. The van der Waals surface area contributed by atoms with Crippen LogP contribution < -0.4 is 26.0 Å². The first-order chi connectivity index (χ1) is 23.3. The molecular formula is C34H22ClN9O4. The highest BCUT2D eigenvalue weighted by atomic mass is 35.5. The van der Waals surface area contributed by atoms with Crippen LogP contribution in [0.4, 0.5) is 38.5 Å². The number of nitrogens with one attached hydrogen (secondary N) is 4. The second kappa shape index (κ2) is 12.6. The summed E-state index contributed by atoms with van der Waals surface area (Å²) in [5.74, 6) is 0.133. The van der Waals surface area contributed by atoms with E-state index in [4.69, 9.17) is 21.6 Å². The minimum atomic E-state index is -0.632. The van der Waals surface area contributed by atoms with Crippen molar-refractivity contribution in [2.75, 3.05) is 21.3 Å². The lowest BCUT2D eigenvalue weighted by Gasteiger charge is -2.21. The van der Waals surface area contributed by atoms with E-state index in [1.165, 1.54) is 0 Å². The van der Waals surface area contributed by atoms with E-state index in [2.05, 4.69) is 41.2 Å². The third kappa shape index (κ3) is 6.38. The van der Waals surface area contributed by atoms with Crippen LogP contribution in [-0.2, 0) is 24.1 Å². The maximum absolute atomic E-state index is 12.8. The fourth-order valence-electron chi connectivity index (χ4n) is 5.89. The number of fused-ring (bicyclic) bond motifs is 5. The predicted octanol–water partition coefficient (Wildman–Crippen LogP) is 6.71. The Morgan fingerprint density at radius 2 is 1.25 bits per heavy atom. The van der Waals surface area contributed by atoms with Gasteiger partial charge in [0.15, 0.2) is 0 Å². The summed E-state index contributed by atoms with van der Waals surface area (Å²) in [7, 11) is 0. The van der Waals surface area contributed by atoms with Gasteiger partial charge >= 0.3 is 12.1 Å². The van der Waals surface area contributed by atoms with Crippen LogP contribution in [0.1, 0.15) is 33.4 Å². The molecule has 4 N–H and O–H groups in total. The number of carbonyl (C=O) groups is 2. The zero-order valence-electron chi connectivity index (χ0n) is 24.8. The number of nitrogens with zero attached hydrogens (tertiary/aromatic N) is 5. The van der Waals surface area contributed by atoms with Gasteiger partial charge in [0.05, 0.1) is 5.69 Å². The van der Waals surface area contributed by atoms with Gasteiger partial charge in [-0.1, -0.05) is 24.3 Å². The number of nitriles is 1. The minimum absolute atomic E-state index is 0.173. The van der Waals surface area contributed by atoms with Gasteiger partial charge in [-0.25, -0.2) is 14.4 Å². The summed E-state index contributed by atoms with van der Waals surface area (Å²) < 4.78 is 4.97. The summed E-state index contributed by atoms with van der Waals surface area (Å²) in [4.78, 5) is 51.9. The molecule has 4 amide bonds. The molecule has 0 radical (unpaired) electrons. The van der Waals surface area contributed by atoms with Crippen molar-refractivity contribution in [2.24, 2.45) is 4.99 Å². The summed E-state index contributed by atoms with van der Waals surface area (Å²) in [6.07, 6.45) is 5.19. The first kappa shape index (κ1) is 30.1. The van der Waals surface area contributed by atoms with Crippen LogP contribution in [0.5, 0.6) is 5.75 Å². The molecule has 0 saturated carbocycles. The van der Waals surface area contributed by atoms with Gasteiger partial charge < -0.3 is 15.4 Å². The number of carbonyl (C=O) groups excluding carboxylic acids is 3. The number of rotatable bonds is 6. The van der Waals surface area contributed by atoms with E-state index in [1.807, 2.05) is 48.5 Å². The summed E-state index contributed by atoms with van der Waals surface area (Å²) in [5, 5.41) is 19.1. The van der Waals surface area contributed by atoms with E-state index >= 15 is 0 Å². The molecule has 1 heterocycles. The fourth-order valence-corrected chi connectivity index (χ4v) is 6.05. The van der Waals surface area contributed by atoms with Gasteiger partial charge in [0.1, 0.15) is 5.75 Å². The van der Waals surface area contributed by atoms with Crippen molar-refractivity contribution in [3.63, 3.8) is 0 Å². The summed E-state index contributed by atoms with van der Waals surface area (Å²) in [6.45, 7) is 0. The van der Waals surface area contributed by atoms with Gasteiger partial charge in [-0.3, -0.25) is 10.6 Å². The monoisotopic (exact) mass is 655 g/mol. The molecule has 0 unspecified atom stereocenters. The first-order valence-electron chi connectivity index (χ1n) is 14.5. The number of ether oxygens (including phenoxy) is 1. The third-order valence-electron chi connectivity index (χ3n) is 7.92. The molecule has 0 atom stereocenters. The molecule has 234 valence electrons. The average molecular weight is 656 g/mol. The first-order valence-corrected chi connectivity index (χ1v) is 14.9. The molecule has 0 fully saturated rings. The molecule has 2 aliphatic carbocycles. The Labute approximate surface area is 277 Å². The van der Waals surface area contributed by atoms with Crippen LogP contribution in [0.25, 0.3) is 11.1 Å². The maximum Gasteiger partial charge on any atom is 0.326 e. The van der Waals surface area contributed by atoms with E-state index < -0.39 is 12.1 Å². The van der Waals surface area contributed by atoms with Gasteiger partial charge in [-0.15, -0.1) is 5.26 Å². The zero-order valence-corrected chi connectivity index (χ0v) is 25.6. The van der Waals surface area contributed by atoms with Crippen LogP contribution in [0, 0.1) is 11.5 Å². The molecule has 1 aromatic heterocycles. The van der Waals surface area contributed by atoms with Crippen molar-refractivity contribution in [1.29, 1.82) is 5.26 Å². The Morgan fingerprint density at radius 1 is 0.688 bits per heavy atom. The van der Waals surface area contributed by atoms with Crippen molar-refractivity contribution in [3.8, 4) is 23.1 Å². The van der Waals surface area contributed by atoms with Crippen LogP contribution in [0.2, 0.25) is 5.28 Å². The van der Waals surface area contributed by atoms with Crippen LogP contribution in [0.15, 0.2) is 77.8 Å². The van der Waals surface area contributed by atoms with Gasteiger partial charge in [-0.2, -0.15) is 19.9 Å². The van der Waals surface area contributed by atoms with E-state index in [9.17, 15) is 14.4 Å². The highest BCUT2D eigenvalue weighted by Gasteiger charge is 2.21. The van der Waals surface area contributed by atoms with E-state index in [0.717, 1.165) is 50.9 Å². The van der Waals surface area contributed by atoms with Gasteiger partial charge in [0.25, 0.3) is 6.26 Å². The van der Waals surface area contributed by atoms with Crippen molar-refractivity contribution < 1.29 is 19.1 Å². The predicted molar refractivity (Wildman–Crippen MR) is 177 cm³/mol. The smallest absolute Gasteiger partial charge is 0.326 e. The lowest BCUT2D eigenvalue weighted by Crippen LogP contribution is -2.24. The molecule has 2 aliphatic rings. The third-order valence-corrected chi connectivity index (χ3v) is 8.09. The van der Waals surface area contributed by atoms with Crippen LogP contribution in [-0.4, -0.2) is 33.1 Å². The number of isocyanates is 1. The summed E-state index contributed by atoms with van der Waals surface area (Å²) in [6, 6.07) is 21.0. The van der Waals surface area contributed by atoms with Crippen molar-refractivity contribution in [3.05, 3.63) is 111 Å². The van der Waals surface area contributed by atoms with E-state index in [0.29, 0.717) is 35.7 Å². The van der Waals surface area contributed by atoms with Crippen molar-refractivity contribution >= 4 is 58.7 Å². The normalized spacial score (nSPS) is 11.8. The van der Waals surface area contributed by atoms with Crippen molar-refractivity contribution in [1.82, 2.24) is 15.0 Å². The second-order valence-corrected chi connectivity index (χ2v) is 11.3. The largest absolute Gasteiger partial charge is 0.388 e. The van der Waals surface area contributed by atoms with E-state index in [1.54, 1.807) is 36.6 Å². The van der Waals surface area contributed by atoms with Gasteiger partial charge in [-0.05, 0) is 124 Å². The number of urea groups is 2. The van der Waals surface area contributed by atoms with Gasteiger partial charge in [0.2, 0.25) is 23.3 Å². The average Bonchev–Trinajstić information content (AvgIpc) is 3.40. The number of aromatic nitrogens is 3. The molecule has 0 aliphatic heterocycles. The Hall–Kier alpha value is -6.61. The van der Waals surface area contributed by atoms with Crippen molar-refractivity contribution in [2.45, 2.75) is 19.3 Å². The molecule has 7 rings (SSSR count). The molecule has 4 aromatic carbocycles. The minimum Gasteiger partial charge on any atom is -0.388 e. The Kier molecular flexibility index (Phi) is 7.92. The Bertz CT molecular complexity index is 2250. The lowest BCUT2D eigenvalue weighted by molar-refractivity contribution is 0.261. The number of benzene rings is 4. The maximum atomic E-state index is 12.8. The number of hydrogen-bond acceptors (Lipinski definition) is 9. The number of hydrogen-bond donors (Lipinski definition) is 4. The SMILES string of the molecule is N#COc1ccc2c(c1)Cc1cc(NC(=O)Nc3nc(Cl)nc(NC(=O)Nc4ccc5c(c4)Cc4cc(N=C=O)ccc4-5)n3)ccc1C2. The molecule has 48 heavy (non-hydrogen) atoms. The van der Waals surface area contributed by atoms with Crippen LogP contribution >= 0.6 is 11.6 Å². The number of amides is 4. The molecule has 5 aromatic rings. The molecular weight excluding hydrogens is 634 g/mol. The summed E-state index contributed by atoms with van der Waals surface area (Å²) in [5.41, 5.74) is 10.0. The van der Waals surface area contributed by atoms with Crippen LogP contribution in [0.3, 0.4) is 0 Å². The topological polar surface area (TPSA) is 183 Å².